The fourth-order valence-corrected chi connectivity index (χ4v) is 5.34. The third kappa shape index (κ3) is 4.13. The molecule has 0 bridgehead atoms. The van der Waals surface area contributed by atoms with Crippen LogP contribution in [-0.2, 0) is 16.6 Å². The Hall–Kier alpha value is -0.270. The van der Waals surface area contributed by atoms with Crippen LogP contribution in [0.5, 0.6) is 0 Å². The molecule has 1 aromatic rings. The maximum Gasteiger partial charge on any atom is 0.243 e. The number of thioether (sulfide) groups is 1. The van der Waals surface area contributed by atoms with Crippen molar-refractivity contribution in [1.29, 1.82) is 0 Å². The van der Waals surface area contributed by atoms with Gasteiger partial charge in [-0.05, 0) is 24.2 Å². The zero-order chi connectivity index (χ0) is 15.5. The molecule has 0 saturated carbocycles. The summed E-state index contributed by atoms with van der Waals surface area (Å²) in [6.07, 6.45) is 0. The largest absolute Gasteiger partial charge is 0.313 e. The quantitative estimate of drug-likeness (QED) is 0.888. The van der Waals surface area contributed by atoms with Gasteiger partial charge in [-0.25, -0.2) is 8.42 Å². The lowest BCUT2D eigenvalue weighted by Gasteiger charge is -2.29. The van der Waals surface area contributed by atoms with Crippen molar-refractivity contribution in [3.8, 4) is 0 Å². The molecule has 1 atom stereocenters. The first-order valence-corrected chi connectivity index (χ1v) is 9.92. The van der Waals surface area contributed by atoms with E-state index in [-0.39, 0.29) is 4.90 Å². The van der Waals surface area contributed by atoms with Gasteiger partial charge in [0.25, 0.3) is 0 Å². The number of benzene rings is 1. The van der Waals surface area contributed by atoms with Crippen LogP contribution in [0, 0.1) is 0 Å². The molecule has 1 aromatic carbocycles. The van der Waals surface area contributed by atoms with E-state index in [9.17, 15) is 8.42 Å². The molecule has 0 radical (unpaired) electrons. The molecule has 1 aliphatic heterocycles. The molecule has 0 aromatic heterocycles. The average molecular weight is 349 g/mol. The van der Waals surface area contributed by atoms with Gasteiger partial charge in [0.15, 0.2) is 0 Å². The van der Waals surface area contributed by atoms with E-state index in [2.05, 4.69) is 12.2 Å². The van der Waals surface area contributed by atoms with E-state index >= 15 is 0 Å². The summed E-state index contributed by atoms with van der Waals surface area (Å²) in [7, 11) is -3.44. The standard InChI is InChI=1S/C14H21ClN2O2S2/c1-3-16-9-12-4-5-13(8-14(12)15)21(18,19)17-6-7-20-11(2)10-17/h4-5,8,11,16H,3,6-7,9-10H2,1-2H3. The number of nitrogens with zero attached hydrogens (tertiary/aromatic N) is 1. The van der Waals surface area contributed by atoms with Crippen molar-refractivity contribution in [2.45, 2.75) is 30.5 Å². The minimum Gasteiger partial charge on any atom is -0.313 e. The van der Waals surface area contributed by atoms with E-state index < -0.39 is 10.0 Å². The van der Waals surface area contributed by atoms with Crippen molar-refractivity contribution >= 4 is 33.4 Å². The molecule has 1 N–H and O–H groups in total. The Bertz CT molecular complexity index is 593. The van der Waals surface area contributed by atoms with Crippen molar-refractivity contribution in [2.24, 2.45) is 0 Å². The second kappa shape index (κ2) is 7.33. The van der Waals surface area contributed by atoms with Crippen LogP contribution in [0.2, 0.25) is 5.02 Å². The van der Waals surface area contributed by atoms with Gasteiger partial charge >= 0.3 is 0 Å². The molecule has 1 fully saturated rings. The topological polar surface area (TPSA) is 49.4 Å². The summed E-state index contributed by atoms with van der Waals surface area (Å²) in [4.78, 5) is 0.284. The predicted octanol–water partition coefficient (Wildman–Crippen LogP) is 2.58. The number of nitrogens with one attached hydrogen (secondary N) is 1. The van der Waals surface area contributed by atoms with Gasteiger partial charge in [-0.2, -0.15) is 16.1 Å². The third-order valence-electron chi connectivity index (χ3n) is 3.43. The summed E-state index contributed by atoms with van der Waals surface area (Å²) in [5.74, 6) is 0.840. The first-order valence-electron chi connectivity index (χ1n) is 7.06. The minimum atomic E-state index is -3.44. The Balaban J connectivity index is 2.22. The molecule has 21 heavy (non-hydrogen) atoms. The predicted molar refractivity (Wildman–Crippen MR) is 89.5 cm³/mol. The van der Waals surface area contributed by atoms with Crippen molar-refractivity contribution in [1.82, 2.24) is 9.62 Å². The highest BCUT2D eigenvalue weighted by atomic mass is 35.5. The van der Waals surface area contributed by atoms with Gasteiger partial charge in [0.1, 0.15) is 0 Å². The van der Waals surface area contributed by atoms with Crippen LogP contribution >= 0.6 is 23.4 Å². The van der Waals surface area contributed by atoms with Crippen LogP contribution in [0.3, 0.4) is 0 Å². The highest BCUT2D eigenvalue weighted by Gasteiger charge is 2.29. The maximum absolute atomic E-state index is 12.7. The molecule has 1 aliphatic rings. The molecule has 0 aliphatic carbocycles. The van der Waals surface area contributed by atoms with Gasteiger partial charge in [-0.15, -0.1) is 0 Å². The lowest BCUT2D eigenvalue weighted by atomic mass is 10.2. The molecule has 1 saturated heterocycles. The van der Waals surface area contributed by atoms with Crippen LogP contribution in [-0.4, -0.2) is 43.4 Å². The Kier molecular flexibility index (Phi) is 5.96. The monoisotopic (exact) mass is 348 g/mol. The van der Waals surface area contributed by atoms with Crippen molar-refractivity contribution in [2.75, 3.05) is 25.4 Å². The summed E-state index contributed by atoms with van der Waals surface area (Å²) < 4.78 is 26.9. The number of halogens is 1. The molecule has 1 heterocycles. The summed E-state index contributed by atoms with van der Waals surface area (Å²) in [5, 5.41) is 4.01. The lowest BCUT2D eigenvalue weighted by Crippen LogP contribution is -2.40. The Morgan fingerprint density at radius 2 is 2.24 bits per heavy atom. The summed E-state index contributed by atoms with van der Waals surface area (Å²) in [6.45, 7) is 6.69. The smallest absolute Gasteiger partial charge is 0.243 e. The van der Waals surface area contributed by atoms with Crippen molar-refractivity contribution in [3.63, 3.8) is 0 Å². The second-order valence-electron chi connectivity index (χ2n) is 5.08. The highest BCUT2D eigenvalue weighted by molar-refractivity contribution is 8.00. The fraction of sp³-hybridized carbons (Fsp3) is 0.571. The van der Waals surface area contributed by atoms with Gasteiger partial charge in [0.05, 0.1) is 4.90 Å². The SMILES string of the molecule is CCNCc1ccc(S(=O)(=O)N2CCSC(C)C2)cc1Cl. The molecular formula is C14H21ClN2O2S2. The maximum atomic E-state index is 12.7. The van der Waals surface area contributed by atoms with Gasteiger partial charge in [-0.3, -0.25) is 0 Å². The molecular weight excluding hydrogens is 328 g/mol. The third-order valence-corrected chi connectivity index (χ3v) is 6.78. The lowest BCUT2D eigenvalue weighted by molar-refractivity contribution is 0.424. The molecule has 0 spiro atoms. The molecule has 0 amide bonds. The summed E-state index contributed by atoms with van der Waals surface area (Å²) >= 11 is 8.02. The summed E-state index contributed by atoms with van der Waals surface area (Å²) in [5.41, 5.74) is 0.917. The van der Waals surface area contributed by atoms with Crippen LogP contribution < -0.4 is 5.32 Å². The fourth-order valence-electron chi connectivity index (χ4n) is 2.25. The molecule has 1 unspecified atom stereocenters. The second-order valence-corrected chi connectivity index (χ2v) is 8.97. The van der Waals surface area contributed by atoms with Gasteiger partial charge in [0, 0.05) is 35.7 Å². The first kappa shape index (κ1) is 17.1. The normalized spacial score (nSPS) is 20.6. The Morgan fingerprint density at radius 3 is 2.86 bits per heavy atom. The number of rotatable bonds is 5. The van der Waals surface area contributed by atoms with E-state index in [1.54, 1.807) is 22.5 Å². The van der Waals surface area contributed by atoms with Crippen LogP contribution in [0.15, 0.2) is 23.1 Å². The van der Waals surface area contributed by atoms with Crippen molar-refractivity contribution < 1.29 is 8.42 Å². The minimum absolute atomic E-state index is 0.284. The average Bonchev–Trinajstić information content (AvgIpc) is 2.46. The van der Waals surface area contributed by atoms with Gasteiger partial charge in [0.2, 0.25) is 10.0 Å². The van der Waals surface area contributed by atoms with E-state index in [1.165, 1.54) is 0 Å². The molecule has 4 nitrogen and oxygen atoms in total. The van der Waals surface area contributed by atoms with Gasteiger partial charge in [-0.1, -0.05) is 31.5 Å². The van der Waals surface area contributed by atoms with E-state index in [0.29, 0.717) is 29.9 Å². The van der Waals surface area contributed by atoms with E-state index in [1.807, 2.05) is 18.7 Å². The Morgan fingerprint density at radius 1 is 1.48 bits per heavy atom. The number of sulfonamides is 1. The molecule has 118 valence electrons. The number of hydrogen-bond donors (Lipinski definition) is 1. The van der Waals surface area contributed by atoms with Gasteiger partial charge < -0.3 is 5.32 Å². The first-order chi connectivity index (χ1) is 9.95. The molecule has 2 rings (SSSR count). The zero-order valence-corrected chi connectivity index (χ0v) is 14.7. The summed E-state index contributed by atoms with van der Waals surface area (Å²) in [6, 6.07) is 5.01. The van der Waals surface area contributed by atoms with Crippen LogP contribution in [0.1, 0.15) is 19.4 Å². The van der Waals surface area contributed by atoms with Crippen LogP contribution in [0.4, 0.5) is 0 Å². The number of hydrogen-bond acceptors (Lipinski definition) is 4. The highest BCUT2D eigenvalue weighted by Crippen LogP contribution is 2.27. The van der Waals surface area contributed by atoms with E-state index in [4.69, 9.17) is 11.6 Å². The Labute approximate surface area is 136 Å². The van der Waals surface area contributed by atoms with Crippen molar-refractivity contribution in [3.05, 3.63) is 28.8 Å². The van der Waals surface area contributed by atoms with Crippen LogP contribution in [0.25, 0.3) is 0 Å². The zero-order valence-electron chi connectivity index (χ0n) is 12.3. The molecule has 7 heteroatoms. The van der Waals surface area contributed by atoms with E-state index in [0.717, 1.165) is 17.9 Å².